The molecule has 0 aliphatic rings. The van der Waals surface area contributed by atoms with Gasteiger partial charge in [-0.2, -0.15) is 15.6 Å². The lowest BCUT2D eigenvalue weighted by molar-refractivity contribution is 0.563. The summed E-state index contributed by atoms with van der Waals surface area (Å²) in [6.07, 6.45) is 2.93. The zero-order valence-corrected chi connectivity index (χ0v) is 23.0. The van der Waals surface area contributed by atoms with Crippen LogP contribution in [-0.4, -0.2) is 16.0 Å². The van der Waals surface area contributed by atoms with Crippen LogP contribution in [0.3, 0.4) is 0 Å². The zero-order valence-electron chi connectivity index (χ0n) is 22.3. The first-order valence-corrected chi connectivity index (χ1v) is 13.4. The van der Waals surface area contributed by atoms with Crippen LogP contribution < -0.4 is 0 Å². The number of benzene rings is 3. The van der Waals surface area contributed by atoms with E-state index in [1.54, 1.807) is 60.7 Å². The van der Waals surface area contributed by atoms with Gasteiger partial charge in [0.2, 0.25) is 0 Å². The van der Waals surface area contributed by atoms with Gasteiger partial charge in [0.05, 0.1) is 28.1 Å². The van der Waals surface area contributed by atoms with Crippen molar-refractivity contribution >= 4 is 35.3 Å². The number of nitrogens with zero attached hydrogens (tertiary/aromatic N) is 5. The lowest BCUT2D eigenvalue weighted by atomic mass is 10.1. The van der Waals surface area contributed by atoms with E-state index < -0.39 is 5.82 Å². The van der Waals surface area contributed by atoms with Gasteiger partial charge in [-0.25, -0.2) is 14.1 Å². The van der Waals surface area contributed by atoms with Crippen LogP contribution in [0.25, 0.3) is 40.0 Å². The topological polar surface area (TPSA) is 104 Å². The monoisotopic (exact) mass is 583 g/mol. The third kappa shape index (κ3) is 5.51. The normalized spacial score (nSPS) is 11.5. The van der Waals surface area contributed by atoms with Crippen LogP contribution in [0.15, 0.2) is 117 Å². The highest BCUT2D eigenvalue weighted by Gasteiger charge is 2.22. The average Bonchev–Trinajstić information content (AvgIpc) is 3.78. The van der Waals surface area contributed by atoms with Crippen molar-refractivity contribution in [1.82, 2.24) is 9.78 Å². The van der Waals surface area contributed by atoms with E-state index in [0.29, 0.717) is 44.9 Å². The molecule has 0 saturated carbocycles. The van der Waals surface area contributed by atoms with E-state index in [1.165, 1.54) is 23.0 Å². The summed E-state index contributed by atoms with van der Waals surface area (Å²) >= 11 is 6.31. The standard InChI is InChI=1S/C34H19ClFN5O2/c35-29-12-6-4-10-26(29)31-16-14-24(42-31)18-22(19-37)33-28(20-38)34(41(40-33)23-8-2-1-3-9-23)39-21-25-15-17-32(43-25)27-11-5-7-13-30(27)36/h1-18,21H/b22-18+,39-21+. The number of aliphatic imine (C=N–C) groups is 1. The first-order chi connectivity index (χ1) is 21.1. The molecule has 0 bridgehead atoms. The van der Waals surface area contributed by atoms with Crippen molar-refractivity contribution in [3.63, 3.8) is 0 Å². The van der Waals surface area contributed by atoms with E-state index >= 15 is 0 Å². The molecule has 0 fully saturated rings. The Kier molecular flexibility index (Phi) is 7.52. The third-order valence-corrected chi connectivity index (χ3v) is 6.81. The maximum absolute atomic E-state index is 14.3. The third-order valence-electron chi connectivity index (χ3n) is 6.48. The van der Waals surface area contributed by atoms with E-state index in [2.05, 4.69) is 22.2 Å². The largest absolute Gasteiger partial charge is 0.457 e. The summed E-state index contributed by atoms with van der Waals surface area (Å²) in [6, 6.07) is 33.7. The van der Waals surface area contributed by atoms with E-state index in [4.69, 9.17) is 20.4 Å². The summed E-state index contributed by atoms with van der Waals surface area (Å²) < 4.78 is 27.5. The number of hydrogen-bond donors (Lipinski definition) is 0. The van der Waals surface area contributed by atoms with E-state index in [0.717, 1.165) is 0 Å². The number of furan rings is 2. The fourth-order valence-corrected chi connectivity index (χ4v) is 4.68. The van der Waals surface area contributed by atoms with E-state index in [9.17, 15) is 14.9 Å². The number of rotatable bonds is 7. The number of hydrogen-bond acceptors (Lipinski definition) is 6. The molecule has 0 spiro atoms. The molecular weight excluding hydrogens is 565 g/mol. The number of halogens is 2. The van der Waals surface area contributed by atoms with E-state index in [-0.39, 0.29) is 22.6 Å². The second-order valence-electron chi connectivity index (χ2n) is 9.20. The predicted molar refractivity (Wildman–Crippen MR) is 162 cm³/mol. The molecule has 9 heteroatoms. The SMILES string of the molecule is N#C/C(=C\c1ccc(-c2ccccc2Cl)o1)c1nn(-c2ccccc2)c(/N=C/c2ccc(-c3ccccc3F)o2)c1C#N. The number of para-hydroxylation sites is 1. The fourth-order valence-electron chi connectivity index (χ4n) is 4.45. The smallest absolute Gasteiger partial charge is 0.174 e. The van der Waals surface area contributed by atoms with Crippen LogP contribution in [0.1, 0.15) is 22.8 Å². The fraction of sp³-hybridized carbons (Fsp3) is 0. The Morgan fingerprint density at radius 2 is 1.47 bits per heavy atom. The lowest BCUT2D eigenvalue weighted by Crippen LogP contribution is -1.96. The molecule has 43 heavy (non-hydrogen) atoms. The van der Waals surface area contributed by atoms with Crippen LogP contribution in [0.5, 0.6) is 0 Å². The van der Waals surface area contributed by atoms with Crippen LogP contribution in [0.2, 0.25) is 5.02 Å². The Labute approximate surface area is 250 Å². The molecule has 6 rings (SSSR count). The van der Waals surface area contributed by atoms with E-state index in [1.807, 2.05) is 36.4 Å². The van der Waals surface area contributed by atoms with Crippen molar-refractivity contribution in [3.05, 3.63) is 137 Å². The number of allylic oxidation sites excluding steroid dienone is 1. The minimum Gasteiger partial charge on any atom is -0.457 e. The molecule has 3 aromatic heterocycles. The van der Waals surface area contributed by atoms with Gasteiger partial charge in [-0.05, 0) is 60.7 Å². The van der Waals surface area contributed by atoms with Gasteiger partial charge in [-0.3, -0.25) is 0 Å². The Bertz CT molecular complexity index is 2090. The Morgan fingerprint density at radius 1 is 0.814 bits per heavy atom. The van der Waals surface area contributed by atoms with Crippen molar-refractivity contribution < 1.29 is 13.2 Å². The highest BCUT2D eigenvalue weighted by molar-refractivity contribution is 6.33. The van der Waals surface area contributed by atoms with Gasteiger partial charge in [0.1, 0.15) is 52.3 Å². The molecule has 0 amide bonds. The summed E-state index contributed by atoms with van der Waals surface area (Å²) in [5, 5.41) is 25.5. The van der Waals surface area contributed by atoms with Crippen LogP contribution in [0, 0.1) is 28.5 Å². The predicted octanol–water partition coefficient (Wildman–Crippen LogP) is 8.87. The van der Waals surface area contributed by atoms with Gasteiger partial charge < -0.3 is 8.83 Å². The lowest BCUT2D eigenvalue weighted by Gasteiger charge is -2.03. The summed E-state index contributed by atoms with van der Waals surface area (Å²) in [4.78, 5) is 4.54. The van der Waals surface area contributed by atoms with Gasteiger partial charge in [0.15, 0.2) is 5.82 Å². The molecule has 0 N–H and O–H groups in total. The minimum absolute atomic E-state index is 0.0756. The molecule has 0 radical (unpaired) electrons. The maximum atomic E-state index is 14.3. The second-order valence-corrected chi connectivity index (χ2v) is 9.61. The molecule has 3 aromatic carbocycles. The van der Waals surface area contributed by atoms with Crippen LogP contribution in [-0.2, 0) is 0 Å². The molecule has 7 nitrogen and oxygen atoms in total. The van der Waals surface area contributed by atoms with Gasteiger partial charge in [-0.1, -0.05) is 54.1 Å². The molecule has 0 aliphatic heterocycles. The Morgan fingerprint density at radius 3 is 2.19 bits per heavy atom. The highest BCUT2D eigenvalue weighted by Crippen LogP contribution is 2.33. The molecule has 206 valence electrons. The summed E-state index contributed by atoms with van der Waals surface area (Å²) in [5.41, 5.74) is 1.95. The summed E-state index contributed by atoms with van der Waals surface area (Å²) in [6.45, 7) is 0. The molecule has 0 aliphatic carbocycles. The molecule has 0 saturated heterocycles. The van der Waals surface area contributed by atoms with Crippen molar-refractivity contribution in [2.75, 3.05) is 0 Å². The number of aromatic nitrogens is 2. The van der Waals surface area contributed by atoms with Crippen molar-refractivity contribution in [2.24, 2.45) is 4.99 Å². The average molecular weight is 584 g/mol. The summed E-state index contributed by atoms with van der Waals surface area (Å²) in [5.74, 6) is 1.36. The Balaban J connectivity index is 1.41. The van der Waals surface area contributed by atoms with Gasteiger partial charge in [0, 0.05) is 11.6 Å². The van der Waals surface area contributed by atoms with Crippen LogP contribution >= 0.6 is 11.6 Å². The van der Waals surface area contributed by atoms with Crippen molar-refractivity contribution in [3.8, 4) is 40.5 Å². The quantitative estimate of drug-likeness (QED) is 0.138. The Hall–Kier alpha value is -5.96. The first-order valence-electron chi connectivity index (χ1n) is 13.0. The second kappa shape index (κ2) is 11.9. The van der Waals surface area contributed by atoms with Crippen LogP contribution in [0.4, 0.5) is 10.2 Å². The molecular formula is C34H19ClFN5O2. The molecule has 0 unspecified atom stereocenters. The highest BCUT2D eigenvalue weighted by atomic mass is 35.5. The minimum atomic E-state index is -0.412. The van der Waals surface area contributed by atoms with Crippen molar-refractivity contribution in [2.45, 2.75) is 0 Å². The zero-order chi connectivity index (χ0) is 29.8. The first kappa shape index (κ1) is 27.2. The molecule has 0 atom stereocenters. The van der Waals surface area contributed by atoms with Crippen molar-refractivity contribution in [1.29, 1.82) is 10.5 Å². The summed E-state index contributed by atoms with van der Waals surface area (Å²) in [7, 11) is 0. The van der Waals surface area contributed by atoms with Gasteiger partial charge in [-0.15, -0.1) is 0 Å². The molecule has 3 heterocycles. The van der Waals surface area contributed by atoms with Gasteiger partial charge >= 0.3 is 0 Å². The van der Waals surface area contributed by atoms with Gasteiger partial charge in [0.25, 0.3) is 0 Å². The maximum Gasteiger partial charge on any atom is 0.174 e. The molecule has 6 aromatic rings. The number of nitriles is 2.